The first kappa shape index (κ1) is 15.2. The highest BCUT2D eigenvalue weighted by molar-refractivity contribution is 5.85. The van der Waals surface area contributed by atoms with Crippen LogP contribution in [0.25, 0.3) is 0 Å². The Morgan fingerprint density at radius 3 is 2.19 bits per heavy atom. The van der Waals surface area contributed by atoms with Crippen molar-refractivity contribution < 1.29 is 9.90 Å². The third kappa shape index (κ3) is 4.38. The van der Waals surface area contributed by atoms with E-state index in [1.807, 2.05) is 6.08 Å². The number of rotatable bonds is 6. The Hall–Kier alpha value is -0.790. The highest BCUT2D eigenvalue weighted by Crippen LogP contribution is 2.38. The predicted octanol–water partition coefficient (Wildman–Crippen LogP) is 4.12. The molecule has 0 radical (unpaired) electrons. The Morgan fingerprint density at radius 1 is 1.38 bits per heavy atom. The number of allylic oxidation sites excluding steroid dienone is 1. The van der Waals surface area contributed by atoms with Crippen molar-refractivity contribution in [3.05, 3.63) is 11.6 Å². The van der Waals surface area contributed by atoms with E-state index < -0.39 is 5.97 Å². The molecule has 0 rings (SSSR count). The average molecular weight is 226 g/mol. The molecule has 0 aromatic heterocycles. The molecule has 0 aliphatic carbocycles. The molecule has 0 aliphatic heterocycles. The van der Waals surface area contributed by atoms with Crippen LogP contribution in [-0.2, 0) is 4.79 Å². The first-order valence-corrected chi connectivity index (χ1v) is 6.14. The fraction of sp³-hybridized carbons (Fsp3) is 0.786. The van der Waals surface area contributed by atoms with Crippen molar-refractivity contribution in [1.82, 2.24) is 0 Å². The Balaban J connectivity index is 5.02. The van der Waals surface area contributed by atoms with Crippen LogP contribution in [-0.4, -0.2) is 11.1 Å². The summed E-state index contributed by atoms with van der Waals surface area (Å²) in [6, 6.07) is 0. The molecule has 1 unspecified atom stereocenters. The van der Waals surface area contributed by atoms with Gasteiger partial charge in [-0.25, -0.2) is 4.79 Å². The first-order chi connectivity index (χ1) is 7.22. The molecule has 0 aromatic carbocycles. The van der Waals surface area contributed by atoms with Gasteiger partial charge in [0.1, 0.15) is 0 Å². The van der Waals surface area contributed by atoms with Gasteiger partial charge in [-0.05, 0) is 30.6 Å². The molecule has 0 heterocycles. The molecule has 2 heteroatoms. The minimum absolute atomic E-state index is 0.166. The van der Waals surface area contributed by atoms with Crippen molar-refractivity contribution in [3.63, 3.8) is 0 Å². The number of carbonyl (C=O) groups is 1. The van der Waals surface area contributed by atoms with Gasteiger partial charge in [-0.2, -0.15) is 0 Å². The Morgan fingerprint density at radius 2 is 1.88 bits per heavy atom. The van der Waals surface area contributed by atoms with Gasteiger partial charge in [0.25, 0.3) is 0 Å². The van der Waals surface area contributed by atoms with Crippen LogP contribution in [0.15, 0.2) is 11.6 Å². The monoisotopic (exact) mass is 226 g/mol. The van der Waals surface area contributed by atoms with Crippen LogP contribution in [0, 0.1) is 17.3 Å². The van der Waals surface area contributed by atoms with Crippen molar-refractivity contribution >= 4 is 5.97 Å². The van der Waals surface area contributed by atoms with E-state index >= 15 is 0 Å². The fourth-order valence-electron chi connectivity index (χ4n) is 2.47. The third-order valence-electron chi connectivity index (χ3n) is 3.28. The van der Waals surface area contributed by atoms with Crippen molar-refractivity contribution in [2.24, 2.45) is 17.3 Å². The molecule has 0 aliphatic rings. The van der Waals surface area contributed by atoms with E-state index in [9.17, 15) is 4.79 Å². The largest absolute Gasteiger partial charge is 0.478 e. The van der Waals surface area contributed by atoms with Gasteiger partial charge in [-0.1, -0.05) is 47.1 Å². The van der Waals surface area contributed by atoms with Crippen LogP contribution >= 0.6 is 0 Å². The van der Waals surface area contributed by atoms with Crippen LogP contribution in [0.3, 0.4) is 0 Å². The summed E-state index contributed by atoms with van der Waals surface area (Å²) in [5.74, 6) is -0.0163. The molecule has 94 valence electrons. The van der Waals surface area contributed by atoms with Gasteiger partial charge in [0.15, 0.2) is 0 Å². The predicted molar refractivity (Wildman–Crippen MR) is 68.4 cm³/mol. The standard InChI is InChI=1S/C14H26O2/c1-7-8-14(5,6)12(10(2)3)9-11(4)13(15)16/h9-10,12H,7-8H2,1-6H3,(H,15,16). The molecule has 1 atom stereocenters. The van der Waals surface area contributed by atoms with Crippen molar-refractivity contribution in [2.75, 3.05) is 0 Å². The molecule has 16 heavy (non-hydrogen) atoms. The highest BCUT2D eigenvalue weighted by Gasteiger charge is 2.29. The lowest BCUT2D eigenvalue weighted by molar-refractivity contribution is -0.132. The number of hydrogen-bond donors (Lipinski definition) is 1. The van der Waals surface area contributed by atoms with Gasteiger partial charge in [0.05, 0.1) is 0 Å². The fourth-order valence-corrected chi connectivity index (χ4v) is 2.47. The van der Waals surface area contributed by atoms with Gasteiger partial charge < -0.3 is 5.11 Å². The molecule has 0 bridgehead atoms. The molecular weight excluding hydrogens is 200 g/mol. The van der Waals surface area contributed by atoms with Gasteiger partial charge >= 0.3 is 5.97 Å². The summed E-state index contributed by atoms with van der Waals surface area (Å²) in [5, 5.41) is 8.94. The van der Waals surface area contributed by atoms with E-state index in [0.717, 1.165) is 12.8 Å². The third-order valence-corrected chi connectivity index (χ3v) is 3.28. The summed E-state index contributed by atoms with van der Waals surface area (Å²) in [4.78, 5) is 10.9. The molecule has 0 spiro atoms. The van der Waals surface area contributed by atoms with Gasteiger partial charge in [-0.3, -0.25) is 0 Å². The summed E-state index contributed by atoms with van der Waals surface area (Å²) in [6.45, 7) is 12.6. The van der Waals surface area contributed by atoms with Crippen molar-refractivity contribution in [3.8, 4) is 0 Å². The zero-order valence-corrected chi connectivity index (χ0v) is 11.5. The second-order valence-corrected chi connectivity index (χ2v) is 5.66. The normalized spacial score (nSPS) is 15.3. The van der Waals surface area contributed by atoms with Crippen LogP contribution in [0.5, 0.6) is 0 Å². The highest BCUT2D eigenvalue weighted by atomic mass is 16.4. The Kier molecular flexibility index (Phi) is 5.77. The van der Waals surface area contributed by atoms with E-state index in [1.54, 1.807) is 6.92 Å². The van der Waals surface area contributed by atoms with E-state index in [2.05, 4.69) is 34.6 Å². The van der Waals surface area contributed by atoms with Crippen LogP contribution in [0.1, 0.15) is 54.4 Å². The topological polar surface area (TPSA) is 37.3 Å². The smallest absolute Gasteiger partial charge is 0.330 e. The number of carboxylic acids is 1. The molecule has 0 amide bonds. The molecule has 0 fully saturated rings. The van der Waals surface area contributed by atoms with E-state index in [1.165, 1.54) is 0 Å². The molecule has 0 aromatic rings. The second kappa shape index (κ2) is 6.07. The summed E-state index contributed by atoms with van der Waals surface area (Å²) in [6.07, 6.45) is 4.19. The zero-order valence-electron chi connectivity index (χ0n) is 11.5. The SMILES string of the molecule is CCCC(C)(C)C(C=C(C)C(=O)O)C(C)C. The van der Waals surface area contributed by atoms with Crippen LogP contribution < -0.4 is 0 Å². The minimum Gasteiger partial charge on any atom is -0.478 e. The first-order valence-electron chi connectivity index (χ1n) is 6.14. The molecule has 1 N–H and O–H groups in total. The summed E-state index contributed by atoms with van der Waals surface area (Å²) < 4.78 is 0. The van der Waals surface area contributed by atoms with Gasteiger partial charge in [0.2, 0.25) is 0 Å². The molecule has 0 saturated heterocycles. The molecule has 0 saturated carbocycles. The number of aliphatic carboxylic acids is 1. The van der Waals surface area contributed by atoms with Gasteiger partial charge in [-0.15, -0.1) is 0 Å². The molecule has 2 nitrogen and oxygen atoms in total. The Labute approximate surface area is 99.7 Å². The maximum atomic E-state index is 10.9. The average Bonchev–Trinajstić information content (AvgIpc) is 2.12. The quantitative estimate of drug-likeness (QED) is 0.692. The lowest BCUT2D eigenvalue weighted by atomic mass is 9.70. The maximum absolute atomic E-state index is 10.9. The zero-order chi connectivity index (χ0) is 12.9. The lowest BCUT2D eigenvalue weighted by Gasteiger charge is -2.35. The van der Waals surface area contributed by atoms with E-state index in [0.29, 0.717) is 17.4 Å². The second-order valence-electron chi connectivity index (χ2n) is 5.66. The van der Waals surface area contributed by atoms with Crippen molar-refractivity contribution in [1.29, 1.82) is 0 Å². The Bertz CT molecular complexity index is 262. The van der Waals surface area contributed by atoms with Crippen molar-refractivity contribution in [2.45, 2.75) is 54.4 Å². The van der Waals surface area contributed by atoms with Crippen LogP contribution in [0.4, 0.5) is 0 Å². The summed E-state index contributed by atoms with van der Waals surface area (Å²) in [5.41, 5.74) is 0.627. The van der Waals surface area contributed by atoms with Gasteiger partial charge in [0, 0.05) is 5.57 Å². The lowest BCUT2D eigenvalue weighted by Crippen LogP contribution is -2.27. The van der Waals surface area contributed by atoms with E-state index in [4.69, 9.17) is 5.11 Å². The summed E-state index contributed by atoms with van der Waals surface area (Å²) >= 11 is 0. The number of hydrogen-bond acceptors (Lipinski definition) is 1. The maximum Gasteiger partial charge on any atom is 0.330 e. The molecular formula is C14H26O2. The number of carboxylic acid groups (broad SMARTS) is 1. The minimum atomic E-state index is -0.807. The van der Waals surface area contributed by atoms with E-state index in [-0.39, 0.29) is 5.41 Å². The summed E-state index contributed by atoms with van der Waals surface area (Å²) in [7, 11) is 0. The van der Waals surface area contributed by atoms with Crippen LogP contribution in [0.2, 0.25) is 0 Å².